The molecule has 11 heteroatoms. The molecule has 4 aromatic rings. The van der Waals surface area contributed by atoms with Gasteiger partial charge in [0.2, 0.25) is 0 Å². The van der Waals surface area contributed by atoms with E-state index in [0.717, 1.165) is 43.8 Å². The molecule has 7 rings (SSSR count). The first kappa shape index (κ1) is 25.4. The van der Waals surface area contributed by atoms with Gasteiger partial charge in [-0.1, -0.05) is 6.07 Å². The van der Waals surface area contributed by atoms with Gasteiger partial charge >= 0.3 is 6.03 Å². The first-order valence-corrected chi connectivity index (χ1v) is 13.6. The molecule has 208 valence electrons. The first-order chi connectivity index (χ1) is 19.8. The number of pyridine rings is 1. The van der Waals surface area contributed by atoms with Crippen LogP contribution in [0.2, 0.25) is 0 Å². The number of carbonyl (C=O) groups excluding carboxylic acids is 2. The molecular formula is C30H26F2N6O3. The number of rotatable bonds is 2. The summed E-state index contributed by atoms with van der Waals surface area (Å²) in [6.07, 6.45) is 6.61. The Labute approximate surface area is 233 Å². The Morgan fingerprint density at radius 2 is 2.00 bits per heavy atom. The molecule has 5 heterocycles. The molecule has 1 saturated heterocycles. The van der Waals surface area contributed by atoms with E-state index in [0.29, 0.717) is 30.5 Å². The van der Waals surface area contributed by atoms with Crippen LogP contribution in [-0.2, 0) is 22.6 Å². The lowest BCUT2D eigenvalue weighted by Gasteiger charge is -2.30. The average Bonchev–Trinajstić information content (AvgIpc) is 3.58. The Morgan fingerprint density at radius 1 is 1.12 bits per heavy atom. The van der Waals surface area contributed by atoms with Crippen molar-refractivity contribution in [2.45, 2.75) is 31.9 Å². The fraction of sp³-hybridized carbons (Fsp3) is 0.333. The lowest BCUT2D eigenvalue weighted by molar-refractivity contribution is -0.113. The molecule has 9 nitrogen and oxygen atoms in total. The second-order valence-corrected chi connectivity index (χ2v) is 10.8. The summed E-state index contributed by atoms with van der Waals surface area (Å²) in [5.41, 5.74) is 5.92. The predicted molar refractivity (Wildman–Crippen MR) is 146 cm³/mol. The number of urea groups is 1. The molecule has 1 fully saturated rings. The average molecular weight is 557 g/mol. The molecule has 0 spiro atoms. The number of nitrogens with zero attached hydrogens (tertiary/aromatic N) is 6. The summed E-state index contributed by atoms with van der Waals surface area (Å²) in [6.45, 7) is -0.425. The van der Waals surface area contributed by atoms with E-state index in [1.807, 2.05) is 39.6 Å². The number of Topliss-reactive ketones (excluding diaryl/α,β-unsaturated/α-hetero) is 1. The molecule has 0 atom stereocenters. The second-order valence-electron chi connectivity index (χ2n) is 10.8. The quantitative estimate of drug-likeness (QED) is 0.366. The molecule has 0 saturated carbocycles. The summed E-state index contributed by atoms with van der Waals surface area (Å²) < 4.78 is 37.4. The number of halogens is 2. The monoisotopic (exact) mass is 556 g/mol. The predicted octanol–water partition coefficient (Wildman–Crippen LogP) is 4.34. The van der Waals surface area contributed by atoms with Gasteiger partial charge in [-0.15, -0.1) is 0 Å². The zero-order valence-corrected chi connectivity index (χ0v) is 22.1. The van der Waals surface area contributed by atoms with Crippen LogP contribution >= 0.6 is 0 Å². The van der Waals surface area contributed by atoms with Gasteiger partial charge in [-0.25, -0.2) is 18.6 Å². The van der Waals surface area contributed by atoms with Crippen LogP contribution in [0.5, 0.6) is 0 Å². The van der Waals surface area contributed by atoms with Crippen LogP contribution in [-0.4, -0.2) is 74.3 Å². The smallest absolute Gasteiger partial charge is 0.320 e. The molecule has 0 N–H and O–H groups in total. The van der Waals surface area contributed by atoms with Gasteiger partial charge < -0.3 is 19.1 Å². The van der Waals surface area contributed by atoms with Crippen molar-refractivity contribution in [1.29, 1.82) is 5.26 Å². The van der Waals surface area contributed by atoms with Crippen LogP contribution in [0, 0.1) is 11.3 Å². The normalized spacial score (nSPS) is 19.1. The summed E-state index contributed by atoms with van der Waals surface area (Å²) in [4.78, 5) is 34.0. The highest BCUT2D eigenvalue weighted by Crippen LogP contribution is 2.42. The lowest BCUT2D eigenvalue weighted by atomic mass is 9.97. The fourth-order valence-corrected chi connectivity index (χ4v) is 6.31. The standard InChI is InChI=1S/C30H26F2N6O3/c31-30(32)17-37(9-10-41-18-30)29(40)36-8-7-35-16-23(22-12-19(13-33)11-20(15-36)28(22)35)27-21(4-5-25(27)39)24-14-34-26-3-1-2-6-38(24)26/h1-3,6,11-12,14,16H,4-5,7-10,15,17-18H2. The minimum atomic E-state index is -3.12. The summed E-state index contributed by atoms with van der Waals surface area (Å²) in [6, 6.07) is 11.0. The molecular weight excluding hydrogens is 530 g/mol. The minimum Gasteiger partial charge on any atom is -0.373 e. The number of carbonyl (C=O) groups is 2. The molecule has 3 aromatic heterocycles. The second kappa shape index (κ2) is 9.52. The van der Waals surface area contributed by atoms with Gasteiger partial charge in [0.25, 0.3) is 5.92 Å². The molecule has 2 amide bonds. The number of aromatic nitrogens is 3. The maximum absolute atomic E-state index is 14.2. The van der Waals surface area contributed by atoms with Crippen LogP contribution in [0.3, 0.4) is 0 Å². The van der Waals surface area contributed by atoms with Crippen molar-refractivity contribution in [2.75, 3.05) is 32.8 Å². The molecule has 0 bridgehead atoms. The minimum absolute atomic E-state index is 0.0343. The van der Waals surface area contributed by atoms with E-state index in [-0.39, 0.29) is 32.0 Å². The van der Waals surface area contributed by atoms with Crippen LogP contribution < -0.4 is 0 Å². The Morgan fingerprint density at radius 3 is 2.85 bits per heavy atom. The van der Waals surface area contributed by atoms with E-state index in [2.05, 4.69) is 11.1 Å². The van der Waals surface area contributed by atoms with Crippen molar-refractivity contribution in [2.24, 2.45) is 0 Å². The van der Waals surface area contributed by atoms with Crippen molar-refractivity contribution < 1.29 is 23.1 Å². The number of alkyl halides is 2. The summed E-state index contributed by atoms with van der Waals surface area (Å²) in [5.74, 6) is -3.08. The van der Waals surface area contributed by atoms with E-state index >= 15 is 0 Å². The van der Waals surface area contributed by atoms with E-state index < -0.39 is 25.1 Å². The highest BCUT2D eigenvalue weighted by Gasteiger charge is 2.38. The van der Waals surface area contributed by atoms with Crippen LogP contribution in [0.1, 0.15) is 35.2 Å². The first-order valence-electron chi connectivity index (χ1n) is 13.6. The van der Waals surface area contributed by atoms with Crippen molar-refractivity contribution in [3.05, 3.63) is 71.3 Å². The van der Waals surface area contributed by atoms with Gasteiger partial charge in [0.05, 0.1) is 42.2 Å². The molecule has 1 aliphatic carbocycles. The number of imidazole rings is 1. The van der Waals surface area contributed by atoms with Gasteiger partial charge in [0, 0.05) is 61.5 Å². The molecule has 3 aliphatic rings. The zero-order valence-electron chi connectivity index (χ0n) is 22.1. The number of allylic oxidation sites excluding steroid dienone is 2. The van der Waals surface area contributed by atoms with Crippen LogP contribution in [0.25, 0.3) is 27.7 Å². The fourth-order valence-electron chi connectivity index (χ4n) is 6.31. The highest BCUT2D eigenvalue weighted by molar-refractivity contribution is 6.33. The van der Waals surface area contributed by atoms with Gasteiger partial charge in [-0.3, -0.25) is 9.20 Å². The Balaban J connectivity index is 1.32. The van der Waals surface area contributed by atoms with E-state index in [1.165, 1.54) is 0 Å². The number of hydrogen-bond donors (Lipinski definition) is 0. The Hall–Kier alpha value is -4.56. The van der Waals surface area contributed by atoms with Crippen molar-refractivity contribution >= 4 is 39.5 Å². The molecule has 2 aliphatic heterocycles. The summed E-state index contributed by atoms with van der Waals surface area (Å²) in [5, 5.41) is 10.6. The number of benzene rings is 1. The molecule has 1 aromatic carbocycles. The maximum atomic E-state index is 14.2. The number of amides is 2. The lowest BCUT2D eigenvalue weighted by Crippen LogP contribution is -2.48. The van der Waals surface area contributed by atoms with Gasteiger partial charge in [-0.2, -0.15) is 5.26 Å². The molecule has 0 radical (unpaired) electrons. The van der Waals surface area contributed by atoms with Crippen LogP contribution in [0.15, 0.2) is 48.9 Å². The largest absolute Gasteiger partial charge is 0.373 e. The Bertz CT molecular complexity index is 1810. The number of nitriles is 1. The maximum Gasteiger partial charge on any atom is 0.320 e. The van der Waals surface area contributed by atoms with Gasteiger partial charge in [0.15, 0.2) is 5.78 Å². The third-order valence-electron chi connectivity index (χ3n) is 8.11. The van der Waals surface area contributed by atoms with Crippen molar-refractivity contribution in [1.82, 2.24) is 23.8 Å². The topological polar surface area (TPSA) is 95.9 Å². The van der Waals surface area contributed by atoms with Gasteiger partial charge in [-0.05, 0) is 41.8 Å². The van der Waals surface area contributed by atoms with Crippen molar-refractivity contribution in [3.63, 3.8) is 0 Å². The third-order valence-corrected chi connectivity index (χ3v) is 8.11. The molecule has 0 unspecified atom stereocenters. The van der Waals surface area contributed by atoms with E-state index in [9.17, 15) is 23.6 Å². The number of hydrogen-bond acceptors (Lipinski definition) is 5. The summed E-state index contributed by atoms with van der Waals surface area (Å²) in [7, 11) is 0. The number of fused-ring (bicyclic) bond motifs is 1. The molecule has 41 heavy (non-hydrogen) atoms. The SMILES string of the molecule is N#Cc1cc2c3c(c1)c(C1=C(c4cnc5ccccn45)CCC1=O)cn3CCN(C(=O)N1CCOCC(F)(F)C1)C2. The highest BCUT2D eigenvalue weighted by atomic mass is 19.3. The Kier molecular flexibility index (Phi) is 5.90. The third kappa shape index (κ3) is 4.26. The summed E-state index contributed by atoms with van der Waals surface area (Å²) >= 11 is 0. The van der Waals surface area contributed by atoms with Crippen molar-refractivity contribution in [3.8, 4) is 6.07 Å². The van der Waals surface area contributed by atoms with E-state index in [1.54, 1.807) is 23.2 Å². The van der Waals surface area contributed by atoms with Gasteiger partial charge in [0.1, 0.15) is 12.3 Å². The number of ketones is 1. The number of ether oxygens (including phenoxy) is 1. The van der Waals surface area contributed by atoms with E-state index in [4.69, 9.17) is 4.74 Å². The van der Waals surface area contributed by atoms with Crippen LogP contribution in [0.4, 0.5) is 13.6 Å². The zero-order chi connectivity index (χ0) is 28.3.